The van der Waals surface area contributed by atoms with Crippen molar-refractivity contribution in [2.75, 3.05) is 16.8 Å². The van der Waals surface area contributed by atoms with Gasteiger partial charge in [-0.2, -0.15) is 5.26 Å². The van der Waals surface area contributed by atoms with Crippen LogP contribution in [-0.2, 0) is 0 Å². The summed E-state index contributed by atoms with van der Waals surface area (Å²) < 4.78 is 0. The van der Waals surface area contributed by atoms with Crippen LogP contribution in [0.4, 0.5) is 23.0 Å². The van der Waals surface area contributed by atoms with Crippen molar-refractivity contribution in [1.82, 2.24) is 4.98 Å². The van der Waals surface area contributed by atoms with Gasteiger partial charge in [0.05, 0.1) is 16.9 Å². The zero-order valence-electron chi connectivity index (χ0n) is 9.01. The molecule has 1 heterocycles. The summed E-state index contributed by atoms with van der Waals surface area (Å²) in [6.07, 6.45) is 0. The standard InChI is InChI=1S/C12H11N5/c13-7-8-3-1-2-4-10(8)16-11-6-5-9(14)12(15)17-11/h1-6H,14H2,(H3,15,16,17). The molecule has 0 fully saturated rings. The quantitative estimate of drug-likeness (QED) is 0.724. The predicted molar refractivity (Wildman–Crippen MR) is 67.5 cm³/mol. The van der Waals surface area contributed by atoms with Gasteiger partial charge in [-0.3, -0.25) is 0 Å². The molecule has 0 spiro atoms. The van der Waals surface area contributed by atoms with Gasteiger partial charge in [0, 0.05) is 0 Å². The summed E-state index contributed by atoms with van der Waals surface area (Å²) in [6, 6.07) is 12.6. The molecule has 0 unspecified atom stereocenters. The fourth-order valence-electron chi connectivity index (χ4n) is 1.38. The Hall–Kier alpha value is -2.74. The van der Waals surface area contributed by atoms with E-state index in [1.807, 2.05) is 6.07 Å². The van der Waals surface area contributed by atoms with E-state index in [-0.39, 0.29) is 5.82 Å². The largest absolute Gasteiger partial charge is 0.396 e. The Bertz CT molecular complexity index is 586. The number of nitriles is 1. The van der Waals surface area contributed by atoms with E-state index in [1.54, 1.807) is 30.3 Å². The van der Waals surface area contributed by atoms with Crippen LogP contribution in [0.5, 0.6) is 0 Å². The van der Waals surface area contributed by atoms with Gasteiger partial charge in [-0.1, -0.05) is 12.1 Å². The van der Waals surface area contributed by atoms with E-state index < -0.39 is 0 Å². The first-order valence-corrected chi connectivity index (χ1v) is 4.99. The molecule has 0 aliphatic heterocycles. The predicted octanol–water partition coefficient (Wildman–Crippen LogP) is 1.86. The minimum Gasteiger partial charge on any atom is -0.396 e. The molecular weight excluding hydrogens is 214 g/mol. The van der Waals surface area contributed by atoms with Gasteiger partial charge >= 0.3 is 0 Å². The second-order valence-corrected chi connectivity index (χ2v) is 3.45. The zero-order valence-corrected chi connectivity index (χ0v) is 9.01. The molecule has 0 bridgehead atoms. The first kappa shape index (κ1) is 10.8. The van der Waals surface area contributed by atoms with Gasteiger partial charge in [0.2, 0.25) is 0 Å². The number of nitrogens with one attached hydrogen (secondary N) is 1. The highest BCUT2D eigenvalue weighted by Crippen LogP contribution is 2.21. The molecule has 0 amide bonds. The molecule has 0 aliphatic rings. The Morgan fingerprint density at radius 3 is 2.59 bits per heavy atom. The van der Waals surface area contributed by atoms with Crippen LogP contribution < -0.4 is 16.8 Å². The third-order valence-electron chi connectivity index (χ3n) is 2.27. The number of rotatable bonds is 2. The molecule has 0 atom stereocenters. The lowest BCUT2D eigenvalue weighted by Gasteiger charge is -2.08. The monoisotopic (exact) mass is 225 g/mol. The maximum atomic E-state index is 8.94. The number of nitrogens with zero attached hydrogens (tertiary/aromatic N) is 2. The Balaban J connectivity index is 2.32. The number of nitrogen functional groups attached to an aromatic ring is 2. The van der Waals surface area contributed by atoms with Crippen molar-refractivity contribution in [2.24, 2.45) is 0 Å². The van der Waals surface area contributed by atoms with E-state index in [1.165, 1.54) is 0 Å². The van der Waals surface area contributed by atoms with Crippen LogP contribution in [0.15, 0.2) is 36.4 Å². The van der Waals surface area contributed by atoms with E-state index in [0.29, 0.717) is 22.8 Å². The first-order chi connectivity index (χ1) is 8.20. The number of hydrogen-bond donors (Lipinski definition) is 3. The maximum Gasteiger partial charge on any atom is 0.149 e. The molecule has 1 aromatic heterocycles. The molecule has 2 aromatic rings. The van der Waals surface area contributed by atoms with Gasteiger partial charge in [0.1, 0.15) is 17.7 Å². The Kier molecular flexibility index (Phi) is 2.79. The lowest BCUT2D eigenvalue weighted by atomic mass is 10.2. The summed E-state index contributed by atoms with van der Waals surface area (Å²) in [5, 5.41) is 12.0. The fraction of sp³-hybridized carbons (Fsp3) is 0. The normalized spacial score (nSPS) is 9.59. The van der Waals surface area contributed by atoms with Crippen molar-refractivity contribution < 1.29 is 0 Å². The maximum absolute atomic E-state index is 8.94. The summed E-state index contributed by atoms with van der Waals surface area (Å²) in [7, 11) is 0. The smallest absolute Gasteiger partial charge is 0.149 e. The summed E-state index contributed by atoms with van der Waals surface area (Å²) >= 11 is 0. The molecule has 0 saturated heterocycles. The highest BCUT2D eigenvalue weighted by molar-refractivity contribution is 5.68. The number of anilines is 4. The Morgan fingerprint density at radius 2 is 1.88 bits per heavy atom. The molecule has 5 nitrogen and oxygen atoms in total. The number of aromatic nitrogens is 1. The molecule has 5 heteroatoms. The van der Waals surface area contributed by atoms with E-state index >= 15 is 0 Å². The molecule has 17 heavy (non-hydrogen) atoms. The summed E-state index contributed by atoms with van der Waals surface area (Å²) in [4.78, 5) is 4.08. The molecule has 84 valence electrons. The topological polar surface area (TPSA) is 101 Å². The van der Waals surface area contributed by atoms with Gasteiger partial charge in [-0.25, -0.2) is 4.98 Å². The van der Waals surface area contributed by atoms with Gasteiger partial charge in [0.15, 0.2) is 0 Å². The van der Waals surface area contributed by atoms with Crippen molar-refractivity contribution in [3.05, 3.63) is 42.0 Å². The third-order valence-corrected chi connectivity index (χ3v) is 2.27. The summed E-state index contributed by atoms with van der Waals surface area (Å²) in [5.41, 5.74) is 12.8. The number of para-hydroxylation sites is 1. The van der Waals surface area contributed by atoms with Crippen molar-refractivity contribution in [3.63, 3.8) is 0 Å². The highest BCUT2D eigenvalue weighted by Gasteiger charge is 2.03. The van der Waals surface area contributed by atoms with Crippen LogP contribution in [0.1, 0.15) is 5.56 Å². The minimum absolute atomic E-state index is 0.268. The molecular formula is C12H11N5. The lowest BCUT2D eigenvalue weighted by Crippen LogP contribution is -2.01. The van der Waals surface area contributed by atoms with Crippen LogP contribution in [-0.4, -0.2) is 4.98 Å². The molecule has 2 rings (SSSR count). The second-order valence-electron chi connectivity index (χ2n) is 3.45. The molecule has 5 N–H and O–H groups in total. The van der Waals surface area contributed by atoms with Crippen LogP contribution in [0.2, 0.25) is 0 Å². The van der Waals surface area contributed by atoms with Crippen molar-refractivity contribution in [1.29, 1.82) is 5.26 Å². The number of nitrogens with two attached hydrogens (primary N) is 2. The minimum atomic E-state index is 0.268. The average Bonchev–Trinajstić information content (AvgIpc) is 2.34. The van der Waals surface area contributed by atoms with Crippen LogP contribution >= 0.6 is 0 Å². The van der Waals surface area contributed by atoms with E-state index in [0.717, 1.165) is 0 Å². The number of hydrogen-bond acceptors (Lipinski definition) is 5. The van der Waals surface area contributed by atoms with Gasteiger partial charge in [0.25, 0.3) is 0 Å². The second kappa shape index (κ2) is 4.41. The lowest BCUT2D eigenvalue weighted by molar-refractivity contribution is 1.31. The Labute approximate surface area is 98.7 Å². The Morgan fingerprint density at radius 1 is 1.12 bits per heavy atom. The van der Waals surface area contributed by atoms with Crippen molar-refractivity contribution in [2.45, 2.75) is 0 Å². The van der Waals surface area contributed by atoms with Gasteiger partial charge in [-0.05, 0) is 24.3 Å². The molecule has 1 aromatic carbocycles. The summed E-state index contributed by atoms with van der Waals surface area (Å²) in [5.74, 6) is 0.823. The molecule has 0 radical (unpaired) electrons. The molecule has 0 saturated carbocycles. The van der Waals surface area contributed by atoms with Crippen LogP contribution in [0.25, 0.3) is 0 Å². The zero-order chi connectivity index (χ0) is 12.3. The van der Waals surface area contributed by atoms with Crippen LogP contribution in [0, 0.1) is 11.3 Å². The fourth-order valence-corrected chi connectivity index (χ4v) is 1.38. The van der Waals surface area contributed by atoms with Crippen LogP contribution in [0.3, 0.4) is 0 Å². The van der Waals surface area contributed by atoms with E-state index in [9.17, 15) is 0 Å². The highest BCUT2D eigenvalue weighted by atomic mass is 15.0. The SMILES string of the molecule is N#Cc1ccccc1Nc1ccc(N)c(N)n1. The summed E-state index contributed by atoms with van der Waals surface area (Å²) in [6.45, 7) is 0. The van der Waals surface area contributed by atoms with Crippen molar-refractivity contribution in [3.8, 4) is 6.07 Å². The van der Waals surface area contributed by atoms with E-state index in [2.05, 4.69) is 16.4 Å². The third kappa shape index (κ3) is 2.26. The number of benzene rings is 1. The number of pyridine rings is 1. The van der Waals surface area contributed by atoms with Crippen molar-refractivity contribution >= 4 is 23.0 Å². The van der Waals surface area contributed by atoms with Gasteiger partial charge in [-0.15, -0.1) is 0 Å². The first-order valence-electron chi connectivity index (χ1n) is 4.99. The van der Waals surface area contributed by atoms with Gasteiger partial charge < -0.3 is 16.8 Å². The molecule has 0 aliphatic carbocycles. The average molecular weight is 225 g/mol. The van der Waals surface area contributed by atoms with E-state index in [4.69, 9.17) is 16.7 Å².